The minimum atomic E-state index is -0.811. The third-order valence-corrected chi connectivity index (χ3v) is 7.76. The molecule has 1 aromatic heterocycles. The van der Waals surface area contributed by atoms with Crippen molar-refractivity contribution in [3.8, 4) is 0 Å². The van der Waals surface area contributed by atoms with Crippen LogP contribution in [-0.4, -0.2) is 35.9 Å². The van der Waals surface area contributed by atoms with E-state index in [0.29, 0.717) is 17.7 Å². The van der Waals surface area contributed by atoms with Crippen LogP contribution in [0.4, 0.5) is 5.69 Å². The summed E-state index contributed by atoms with van der Waals surface area (Å²) in [4.78, 5) is 43.6. The standard InChI is InChI=1S/C33H33N3O4/c1-40-31(38)29(36-32(39)33(18-7-8-19-33)22-24-9-3-2-4-10-24)21-23-13-15-25(16-14-23)35-30(37)27-17-20-34-28-12-6-5-11-26(27)28/h2-6,9-17,20,29H,7-8,18-19,21-22H2,1H3,(H,35,37)(H,36,39)/t29-/m0/s1. The van der Waals surface area contributed by atoms with Crippen LogP contribution in [0.5, 0.6) is 0 Å². The summed E-state index contributed by atoms with van der Waals surface area (Å²) in [6.45, 7) is 0. The van der Waals surface area contributed by atoms with Crippen molar-refractivity contribution in [2.24, 2.45) is 5.41 Å². The lowest BCUT2D eigenvalue weighted by Gasteiger charge is -2.30. The molecule has 7 nitrogen and oxygen atoms in total. The van der Waals surface area contributed by atoms with E-state index in [4.69, 9.17) is 4.74 Å². The Morgan fingerprint density at radius 3 is 2.30 bits per heavy atom. The Morgan fingerprint density at radius 2 is 1.57 bits per heavy atom. The van der Waals surface area contributed by atoms with Gasteiger partial charge in [0.05, 0.1) is 23.6 Å². The molecule has 1 fully saturated rings. The second-order valence-electron chi connectivity index (χ2n) is 10.4. The van der Waals surface area contributed by atoms with Crippen LogP contribution in [0.25, 0.3) is 10.9 Å². The molecular formula is C33H33N3O4. The van der Waals surface area contributed by atoms with Gasteiger partial charge in [-0.3, -0.25) is 14.6 Å². The number of nitrogens with one attached hydrogen (secondary N) is 2. The highest BCUT2D eigenvalue weighted by Gasteiger charge is 2.42. The number of benzene rings is 3. The quantitative estimate of drug-likeness (QED) is 0.276. The number of anilines is 1. The zero-order valence-electron chi connectivity index (χ0n) is 22.6. The van der Waals surface area contributed by atoms with E-state index in [1.165, 1.54) is 7.11 Å². The average molecular weight is 536 g/mol. The predicted molar refractivity (Wildman–Crippen MR) is 155 cm³/mol. The molecule has 1 aliphatic carbocycles. The first kappa shape index (κ1) is 27.1. The topological polar surface area (TPSA) is 97.4 Å². The number of para-hydroxylation sites is 1. The Hall–Kier alpha value is -4.52. The van der Waals surface area contributed by atoms with Gasteiger partial charge in [0.15, 0.2) is 0 Å². The van der Waals surface area contributed by atoms with Crippen molar-refractivity contribution in [1.82, 2.24) is 10.3 Å². The van der Waals surface area contributed by atoms with E-state index in [1.807, 2.05) is 66.7 Å². The van der Waals surface area contributed by atoms with Gasteiger partial charge >= 0.3 is 5.97 Å². The normalized spacial score (nSPS) is 14.8. The van der Waals surface area contributed by atoms with Gasteiger partial charge in [-0.1, -0.05) is 73.5 Å². The van der Waals surface area contributed by atoms with Gasteiger partial charge < -0.3 is 15.4 Å². The first-order valence-corrected chi connectivity index (χ1v) is 13.6. The minimum Gasteiger partial charge on any atom is -0.467 e. The third kappa shape index (κ3) is 6.04. The van der Waals surface area contributed by atoms with E-state index in [1.54, 1.807) is 24.4 Å². The zero-order chi connectivity index (χ0) is 28.0. The molecule has 0 radical (unpaired) electrons. The lowest BCUT2D eigenvalue weighted by molar-refractivity contribution is -0.146. The molecule has 5 rings (SSSR count). The van der Waals surface area contributed by atoms with Crippen molar-refractivity contribution in [3.63, 3.8) is 0 Å². The van der Waals surface area contributed by atoms with Gasteiger partial charge in [-0.15, -0.1) is 0 Å². The fraction of sp³-hybridized carbons (Fsp3) is 0.273. The number of aromatic nitrogens is 1. The van der Waals surface area contributed by atoms with Crippen LogP contribution in [0.3, 0.4) is 0 Å². The maximum absolute atomic E-state index is 13.6. The number of methoxy groups -OCH3 is 1. The molecule has 2 N–H and O–H groups in total. The Kier molecular flexibility index (Phi) is 8.20. The van der Waals surface area contributed by atoms with Crippen LogP contribution < -0.4 is 10.6 Å². The molecule has 2 amide bonds. The Labute approximate surface area is 234 Å². The van der Waals surface area contributed by atoms with Gasteiger partial charge in [0.1, 0.15) is 6.04 Å². The number of ether oxygens (including phenoxy) is 1. The second kappa shape index (κ2) is 12.1. The average Bonchev–Trinajstić information content (AvgIpc) is 3.47. The SMILES string of the molecule is COC(=O)[C@H](Cc1ccc(NC(=O)c2ccnc3ccccc23)cc1)NC(=O)C1(Cc2ccccc2)CCCC1. The molecule has 3 aromatic carbocycles. The molecule has 1 aliphatic rings. The van der Waals surface area contributed by atoms with Crippen LogP contribution in [0.1, 0.15) is 47.2 Å². The minimum absolute atomic E-state index is 0.0993. The van der Waals surface area contributed by atoms with Crippen molar-refractivity contribution in [2.75, 3.05) is 12.4 Å². The number of esters is 1. The summed E-state index contributed by atoms with van der Waals surface area (Å²) in [5.74, 6) is -0.813. The molecule has 0 bridgehead atoms. The largest absolute Gasteiger partial charge is 0.467 e. The number of nitrogens with zero attached hydrogens (tertiary/aromatic N) is 1. The molecule has 0 spiro atoms. The number of rotatable bonds is 9. The summed E-state index contributed by atoms with van der Waals surface area (Å²) >= 11 is 0. The number of amides is 2. The summed E-state index contributed by atoms with van der Waals surface area (Å²) < 4.78 is 5.04. The number of hydrogen-bond acceptors (Lipinski definition) is 5. The monoisotopic (exact) mass is 535 g/mol. The van der Waals surface area contributed by atoms with Crippen molar-refractivity contribution in [2.45, 2.75) is 44.6 Å². The number of fused-ring (bicyclic) bond motifs is 1. The van der Waals surface area contributed by atoms with Crippen LogP contribution in [0.2, 0.25) is 0 Å². The van der Waals surface area contributed by atoms with Crippen molar-refractivity contribution in [1.29, 1.82) is 0 Å². The molecule has 0 saturated heterocycles. The fourth-order valence-electron chi connectivity index (χ4n) is 5.62. The molecule has 7 heteroatoms. The highest BCUT2D eigenvalue weighted by molar-refractivity contribution is 6.12. The molecule has 1 saturated carbocycles. The molecule has 40 heavy (non-hydrogen) atoms. The number of hydrogen-bond donors (Lipinski definition) is 2. The first-order chi connectivity index (χ1) is 19.5. The summed E-state index contributed by atoms with van der Waals surface area (Å²) in [5.41, 5.74) is 3.35. The molecule has 0 aliphatic heterocycles. The van der Waals surface area contributed by atoms with E-state index in [-0.39, 0.29) is 18.2 Å². The number of pyridine rings is 1. The summed E-state index contributed by atoms with van der Waals surface area (Å²) in [7, 11) is 1.33. The van der Waals surface area contributed by atoms with Gasteiger partial charge in [0.25, 0.3) is 5.91 Å². The number of carbonyl (C=O) groups is 3. The van der Waals surface area contributed by atoms with Gasteiger partial charge in [-0.05, 0) is 54.7 Å². The van der Waals surface area contributed by atoms with Crippen molar-refractivity contribution >= 4 is 34.4 Å². The van der Waals surface area contributed by atoms with E-state index in [2.05, 4.69) is 15.6 Å². The molecule has 1 heterocycles. The first-order valence-electron chi connectivity index (χ1n) is 13.6. The predicted octanol–water partition coefficient (Wildman–Crippen LogP) is 5.49. The van der Waals surface area contributed by atoms with Gasteiger partial charge in [-0.25, -0.2) is 4.79 Å². The Balaban J connectivity index is 1.27. The molecule has 1 atom stereocenters. The summed E-state index contributed by atoms with van der Waals surface area (Å²) in [5, 5.41) is 6.73. The Morgan fingerprint density at radius 1 is 0.875 bits per heavy atom. The zero-order valence-corrected chi connectivity index (χ0v) is 22.6. The fourth-order valence-corrected chi connectivity index (χ4v) is 5.62. The highest BCUT2D eigenvalue weighted by atomic mass is 16.5. The maximum atomic E-state index is 13.6. The molecular weight excluding hydrogens is 502 g/mol. The van der Waals surface area contributed by atoms with Crippen molar-refractivity contribution in [3.05, 3.63) is 108 Å². The van der Waals surface area contributed by atoms with E-state index in [9.17, 15) is 14.4 Å². The van der Waals surface area contributed by atoms with Crippen LogP contribution in [0, 0.1) is 5.41 Å². The van der Waals surface area contributed by atoms with E-state index < -0.39 is 17.4 Å². The third-order valence-electron chi connectivity index (χ3n) is 7.76. The Bertz CT molecular complexity index is 1490. The second-order valence-corrected chi connectivity index (χ2v) is 10.4. The smallest absolute Gasteiger partial charge is 0.328 e. The van der Waals surface area contributed by atoms with Gasteiger partial charge in [-0.2, -0.15) is 0 Å². The highest BCUT2D eigenvalue weighted by Crippen LogP contribution is 2.41. The summed E-state index contributed by atoms with van der Waals surface area (Å²) in [6, 6.07) is 25.7. The maximum Gasteiger partial charge on any atom is 0.328 e. The summed E-state index contributed by atoms with van der Waals surface area (Å²) in [6.07, 6.45) is 6.12. The molecule has 4 aromatic rings. The van der Waals surface area contributed by atoms with E-state index in [0.717, 1.165) is 47.7 Å². The number of carbonyl (C=O) groups excluding carboxylic acids is 3. The van der Waals surface area contributed by atoms with E-state index >= 15 is 0 Å². The van der Waals surface area contributed by atoms with Gasteiger partial charge in [0.2, 0.25) is 5.91 Å². The lowest BCUT2D eigenvalue weighted by atomic mass is 9.79. The van der Waals surface area contributed by atoms with Crippen LogP contribution in [-0.2, 0) is 27.2 Å². The molecule has 204 valence electrons. The van der Waals surface area contributed by atoms with Gasteiger partial charge in [0, 0.05) is 23.7 Å². The lowest BCUT2D eigenvalue weighted by Crippen LogP contribution is -2.49. The van der Waals surface area contributed by atoms with Crippen LogP contribution in [0.15, 0.2) is 91.1 Å². The van der Waals surface area contributed by atoms with Crippen molar-refractivity contribution < 1.29 is 19.1 Å². The van der Waals surface area contributed by atoms with Crippen LogP contribution >= 0.6 is 0 Å². The molecule has 0 unspecified atom stereocenters.